The molecule has 0 aromatic carbocycles. The summed E-state index contributed by atoms with van der Waals surface area (Å²) in [6.45, 7) is 4.29. The number of nitrogen functional groups attached to an aromatic ring is 1. The number of nitrogens with two attached hydrogens (primary N) is 1. The van der Waals surface area contributed by atoms with Gasteiger partial charge in [-0.1, -0.05) is 0 Å². The van der Waals surface area contributed by atoms with E-state index in [0.717, 1.165) is 17.0 Å². The fourth-order valence-electron chi connectivity index (χ4n) is 1.80. The fraction of sp³-hybridized carbons (Fsp3) is 0.333. The average Bonchev–Trinajstić information content (AvgIpc) is 2.62. The van der Waals surface area contributed by atoms with Crippen LogP contribution in [0.4, 0.5) is 5.82 Å². The molecule has 0 fully saturated rings. The second-order valence-electron chi connectivity index (χ2n) is 4.30. The first-order valence-electron chi connectivity index (χ1n) is 5.85. The SMILES string of the molecule is Cc1nn(C)c(C)c1CNC(=O)c1ccc(N)nn1. The summed E-state index contributed by atoms with van der Waals surface area (Å²) >= 11 is 0. The third-order valence-electron chi connectivity index (χ3n) is 3.00. The third-order valence-corrected chi connectivity index (χ3v) is 3.00. The summed E-state index contributed by atoms with van der Waals surface area (Å²) in [5, 5.41) is 14.5. The van der Waals surface area contributed by atoms with Crippen molar-refractivity contribution in [1.29, 1.82) is 0 Å². The number of aryl methyl sites for hydroxylation is 2. The molecule has 100 valence electrons. The number of nitrogens with one attached hydrogen (secondary N) is 1. The summed E-state index contributed by atoms with van der Waals surface area (Å²) in [7, 11) is 1.87. The maximum absolute atomic E-state index is 11.9. The second kappa shape index (κ2) is 5.05. The van der Waals surface area contributed by atoms with Gasteiger partial charge in [0.15, 0.2) is 5.69 Å². The number of carbonyl (C=O) groups excluding carboxylic acids is 1. The van der Waals surface area contributed by atoms with Crippen LogP contribution in [0.25, 0.3) is 0 Å². The minimum atomic E-state index is -0.282. The predicted molar refractivity (Wildman–Crippen MR) is 70.3 cm³/mol. The summed E-state index contributed by atoms with van der Waals surface area (Å²) in [5.41, 5.74) is 8.61. The summed E-state index contributed by atoms with van der Waals surface area (Å²) in [6.07, 6.45) is 0. The third kappa shape index (κ3) is 2.70. The van der Waals surface area contributed by atoms with Crippen molar-refractivity contribution in [3.63, 3.8) is 0 Å². The van der Waals surface area contributed by atoms with Crippen molar-refractivity contribution in [3.05, 3.63) is 34.8 Å². The van der Waals surface area contributed by atoms with Crippen LogP contribution in [0.3, 0.4) is 0 Å². The first-order chi connectivity index (χ1) is 8.99. The van der Waals surface area contributed by atoms with Crippen molar-refractivity contribution in [2.75, 3.05) is 5.73 Å². The quantitative estimate of drug-likeness (QED) is 0.829. The minimum absolute atomic E-state index is 0.244. The first-order valence-corrected chi connectivity index (χ1v) is 5.85. The topological polar surface area (TPSA) is 98.7 Å². The van der Waals surface area contributed by atoms with E-state index in [1.807, 2.05) is 20.9 Å². The Balaban J connectivity index is 2.06. The number of aromatic nitrogens is 4. The average molecular weight is 260 g/mol. The van der Waals surface area contributed by atoms with Crippen LogP contribution in [-0.2, 0) is 13.6 Å². The first kappa shape index (κ1) is 13.0. The molecule has 0 aliphatic rings. The van der Waals surface area contributed by atoms with Gasteiger partial charge < -0.3 is 11.1 Å². The lowest BCUT2D eigenvalue weighted by Gasteiger charge is -2.05. The van der Waals surface area contributed by atoms with Gasteiger partial charge in [0.05, 0.1) is 5.69 Å². The zero-order valence-corrected chi connectivity index (χ0v) is 11.1. The van der Waals surface area contributed by atoms with E-state index in [1.165, 1.54) is 0 Å². The molecular formula is C12H16N6O. The lowest BCUT2D eigenvalue weighted by atomic mass is 10.2. The van der Waals surface area contributed by atoms with Gasteiger partial charge in [-0.15, -0.1) is 10.2 Å². The van der Waals surface area contributed by atoms with Gasteiger partial charge in [-0.25, -0.2) is 0 Å². The molecule has 2 heterocycles. The van der Waals surface area contributed by atoms with Crippen LogP contribution in [-0.4, -0.2) is 25.9 Å². The highest BCUT2D eigenvalue weighted by molar-refractivity contribution is 5.92. The standard InChI is InChI=1S/C12H16N6O/c1-7-9(8(2)18(3)17-7)6-14-12(19)10-4-5-11(13)16-15-10/h4-5H,6H2,1-3H3,(H2,13,16)(H,14,19). The molecule has 0 atom stereocenters. The van der Waals surface area contributed by atoms with Gasteiger partial charge >= 0.3 is 0 Å². The Labute approximate surface area is 110 Å². The fourth-order valence-corrected chi connectivity index (χ4v) is 1.80. The Morgan fingerprint density at radius 2 is 2.11 bits per heavy atom. The summed E-state index contributed by atoms with van der Waals surface area (Å²) in [6, 6.07) is 3.09. The van der Waals surface area contributed by atoms with E-state index in [9.17, 15) is 4.79 Å². The summed E-state index contributed by atoms with van der Waals surface area (Å²) in [5.74, 6) is 0.00523. The molecule has 19 heavy (non-hydrogen) atoms. The molecule has 2 aromatic rings. The predicted octanol–water partition coefficient (Wildman–Crippen LogP) is 0.339. The van der Waals surface area contributed by atoms with Gasteiger partial charge in [0, 0.05) is 24.8 Å². The molecule has 0 radical (unpaired) electrons. The largest absolute Gasteiger partial charge is 0.382 e. The Hall–Kier alpha value is -2.44. The number of carbonyl (C=O) groups is 1. The molecule has 0 bridgehead atoms. The number of hydrogen-bond donors (Lipinski definition) is 2. The lowest BCUT2D eigenvalue weighted by Crippen LogP contribution is -2.24. The Morgan fingerprint density at radius 3 is 2.63 bits per heavy atom. The molecule has 2 rings (SSSR count). The highest BCUT2D eigenvalue weighted by Crippen LogP contribution is 2.11. The lowest BCUT2D eigenvalue weighted by molar-refractivity contribution is 0.0945. The Kier molecular flexibility index (Phi) is 3.46. The molecule has 0 saturated heterocycles. The number of anilines is 1. The molecule has 0 aliphatic heterocycles. The van der Waals surface area contributed by atoms with Crippen LogP contribution < -0.4 is 11.1 Å². The van der Waals surface area contributed by atoms with E-state index in [1.54, 1.807) is 16.8 Å². The van der Waals surface area contributed by atoms with Crippen LogP contribution in [0.15, 0.2) is 12.1 Å². The zero-order chi connectivity index (χ0) is 14.0. The maximum atomic E-state index is 11.9. The van der Waals surface area contributed by atoms with Gasteiger partial charge in [0.2, 0.25) is 0 Å². The number of rotatable bonds is 3. The van der Waals surface area contributed by atoms with Gasteiger partial charge in [-0.05, 0) is 26.0 Å². The molecule has 2 aromatic heterocycles. The van der Waals surface area contributed by atoms with Crippen LogP contribution >= 0.6 is 0 Å². The molecule has 3 N–H and O–H groups in total. The van der Waals surface area contributed by atoms with Crippen LogP contribution in [0.2, 0.25) is 0 Å². The van der Waals surface area contributed by atoms with Crippen molar-refractivity contribution in [2.24, 2.45) is 7.05 Å². The molecule has 0 saturated carbocycles. The van der Waals surface area contributed by atoms with Gasteiger partial charge in [0.1, 0.15) is 5.82 Å². The van der Waals surface area contributed by atoms with Gasteiger partial charge in [-0.3, -0.25) is 9.48 Å². The Bertz CT molecular complexity index is 601. The van der Waals surface area contributed by atoms with E-state index < -0.39 is 0 Å². The molecular weight excluding hydrogens is 244 g/mol. The van der Waals surface area contributed by atoms with E-state index in [-0.39, 0.29) is 17.4 Å². The molecule has 7 nitrogen and oxygen atoms in total. The normalized spacial score (nSPS) is 10.5. The van der Waals surface area contributed by atoms with E-state index in [4.69, 9.17) is 5.73 Å². The van der Waals surface area contributed by atoms with E-state index in [0.29, 0.717) is 6.54 Å². The zero-order valence-electron chi connectivity index (χ0n) is 11.1. The van der Waals surface area contributed by atoms with E-state index >= 15 is 0 Å². The monoisotopic (exact) mass is 260 g/mol. The van der Waals surface area contributed by atoms with Gasteiger partial charge in [-0.2, -0.15) is 5.10 Å². The minimum Gasteiger partial charge on any atom is -0.382 e. The number of hydrogen-bond acceptors (Lipinski definition) is 5. The van der Waals surface area contributed by atoms with E-state index in [2.05, 4.69) is 20.6 Å². The highest BCUT2D eigenvalue weighted by Gasteiger charge is 2.12. The highest BCUT2D eigenvalue weighted by atomic mass is 16.1. The second-order valence-corrected chi connectivity index (χ2v) is 4.30. The molecule has 0 aliphatic carbocycles. The summed E-state index contributed by atoms with van der Waals surface area (Å²) in [4.78, 5) is 11.9. The molecule has 0 unspecified atom stereocenters. The molecule has 1 amide bonds. The van der Waals surface area contributed by atoms with Crippen molar-refractivity contribution < 1.29 is 4.79 Å². The van der Waals surface area contributed by atoms with Crippen LogP contribution in [0, 0.1) is 13.8 Å². The molecule has 7 heteroatoms. The number of nitrogens with zero attached hydrogens (tertiary/aromatic N) is 4. The van der Waals surface area contributed by atoms with Crippen molar-refractivity contribution in [1.82, 2.24) is 25.3 Å². The summed E-state index contributed by atoms with van der Waals surface area (Å²) < 4.78 is 1.79. The van der Waals surface area contributed by atoms with Crippen molar-refractivity contribution >= 4 is 11.7 Å². The van der Waals surface area contributed by atoms with Crippen molar-refractivity contribution in [3.8, 4) is 0 Å². The van der Waals surface area contributed by atoms with Crippen molar-refractivity contribution in [2.45, 2.75) is 20.4 Å². The number of amides is 1. The van der Waals surface area contributed by atoms with Crippen LogP contribution in [0.1, 0.15) is 27.4 Å². The maximum Gasteiger partial charge on any atom is 0.272 e. The smallest absolute Gasteiger partial charge is 0.272 e. The van der Waals surface area contributed by atoms with Crippen LogP contribution in [0.5, 0.6) is 0 Å². The molecule has 0 spiro atoms. The Morgan fingerprint density at radius 1 is 1.37 bits per heavy atom. The van der Waals surface area contributed by atoms with Gasteiger partial charge in [0.25, 0.3) is 5.91 Å².